The molecule has 0 saturated carbocycles. The predicted molar refractivity (Wildman–Crippen MR) is 250 cm³/mol. The minimum absolute atomic E-state index is 0.503. The normalized spacial score (nSPS) is 11.2. The summed E-state index contributed by atoms with van der Waals surface area (Å²) < 4.78 is 2.27. The van der Waals surface area contributed by atoms with Crippen LogP contribution in [0.5, 0.6) is 0 Å². The van der Waals surface area contributed by atoms with Gasteiger partial charge in [0.25, 0.3) is 0 Å². The molecule has 8 aromatic carbocycles. The first-order valence-corrected chi connectivity index (χ1v) is 20.6. The largest absolute Gasteiger partial charge is 0.309 e. The molecular formula is C55H34N8. The van der Waals surface area contributed by atoms with Crippen LogP contribution in [0.15, 0.2) is 206 Å². The molecule has 0 aliphatic heterocycles. The van der Waals surface area contributed by atoms with Gasteiger partial charge < -0.3 is 4.57 Å². The first kappa shape index (κ1) is 37.1. The van der Waals surface area contributed by atoms with E-state index in [9.17, 15) is 5.26 Å². The average Bonchev–Trinajstić information content (AvgIpc) is 3.70. The number of para-hydroxylation sites is 1. The maximum atomic E-state index is 10.2. The molecular weight excluding hydrogens is 773 g/mol. The Labute approximate surface area is 363 Å². The van der Waals surface area contributed by atoms with Crippen LogP contribution in [0, 0.1) is 11.3 Å². The molecule has 294 valence electrons. The maximum Gasteiger partial charge on any atom is 0.166 e. The van der Waals surface area contributed by atoms with Gasteiger partial charge in [-0.15, -0.1) is 0 Å². The smallest absolute Gasteiger partial charge is 0.166 e. The van der Waals surface area contributed by atoms with Gasteiger partial charge in [0.05, 0.1) is 28.4 Å². The van der Waals surface area contributed by atoms with Gasteiger partial charge in [0.1, 0.15) is 0 Å². The van der Waals surface area contributed by atoms with Crippen LogP contribution in [0.25, 0.3) is 107 Å². The molecule has 0 aliphatic carbocycles. The first-order valence-electron chi connectivity index (χ1n) is 20.6. The molecule has 0 fully saturated rings. The van der Waals surface area contributed by atoms with E-state index in [1.54, 1.807) is 0 Å². The van der Waals surface area contributed by atoms with E-state index in [1.807, 2.05) is 146 Å². The van der Waals surface area contributed by atoms with Crippen LogP contribution < -0.4 is 0 Å². The van der Waals surface area contributed by atoms with Gasteiger partial charge in [0.2, 0.25) is 0 Å². The summed E-state index contributed by atoms with van der Waals surface area (Å²) >= 11 is 0. The Hall–Kier alpha value is -8.93. The zero-order valence-corrected chi connectivity index (χ0v) is 33.7. The van der Waals surface area contributed by atoms with Gasteiger partial charge in [-0.1, -0.05) is 164 Å². The van der Waals surface area contributed by atoms with Crippen LogP contribution in [0.2, 0.25) is 0 Å². The van der Waals surface area contributed by atoms with Crippen molar-refractivity contribution in [2.45, 2.75) is 0 Å². The summed E-state index contributed by atoms with van der Waals surface area (Å²) in [7, 11) is 0. The SMILES string of the molecule is N#Cc1ccccc1-c1ccc(-n2c3ccccc3c3cc(-c4nc(-c5ccccc5)nc(-c5ccccc5)n4)ccc32)c(-c2nc(-c3ccccc3)nc(-c3ccccc3)n2)c1. The third-order valence-corrected chi connectivity index (χ3v) is 11.2. The second-order valence-electron chi connectivity index (χ2n) is 15.1. The van der Waals surface area contributed by atoms with Crippen molar-refractivity contribution in [1.29, 1.82) is 5.26 Å². The highest BCUT2D eigenvalue weighted by atomic mass is 15.1. The van der Waals surface area contributed by atoms with E-state index >= 15 is 0 Å². The Morgan fingerprint density at radius 1 is 0.317 bits per heavy atom. The molecule has 0 amide bonds. The third kappa shape index (κ3) is 6.96. The zero-order chi connectivity index (χ0) is 42.1. The number of nitrogens with zero attached hydrogens (tertiary/aromatic N) is 8. The summed E-state index contributed by atoms with van der Waals surface area (Å²) in [6.45, 7) is 0. The summed E-state index contributed by atoms with van der Waals surface area (Å²) in [5.74, 6) is 3.40. The molecule has 0 bridgehead atoms. The van der Waals surface area contributed by atoms with Crippen LogP contribution in [-0.4, -0.2) is 34.5 Å². The maximum absolute atomic E-state index is 10.2. The molecule has 0 spiro atoms. The summed E-state index contributed by atoms with van der Waals surface area (Å²) in [6, 6.07) is 71.1. The summed E-state index contributed by atoms with van der Waals surface area (Å²) in [6.07, 6.45) is 0. The van der Waals surface area contributed by atoms with Crippen molar-refractivity contribution in [1.82, 2.24) is 34.5 Å². The van der Waals surface area contributed by atoms with Crippen molar-refractivity contribution in [2.24, 2.45) is 0 Å². The van der Waals surface area contributed by atoms with Crippen LogP contribution in [0.4, 0.5) is 0 Å². The molecule has 0 unspecified atom stereocenters. The number of nitriles is 1. The van der Waals surface area contributed by atoms with Gasteiger partial charge in [-0.3, -0.25) is 0 Å². The number of hydrogen-bond acceptors (Lipinski definition) is 7. The highest BCUT2D eigenvalue weighted by Crippen LogP contribution is 2.40. The summed E-state index contributed by atoms with van der Waals surface area (Å²) in [5, 5.41) is 12.3. The van der Waals surface area contributed by atoms with Crippen LogP contribution in [0.1, 0.15) is 5.56 Å². The second-order valence-corrected chi connectivity index (χ2v) is 15.1. The quantitative estimate of drug-likeness (QED) is 0.150. The van der Waals surface area contributed by atoms with Crippen LogP contribution in [0.3, 0.4) is 0 Å². The number of hydrogen-bond donors (Lipinski definition) is 0. The number of rotatable bonds is 8. The van der Waals surface area contributed by atoms with Gasteiger partial charge in [-0.2, -0.15) is 5.26 Å². The van der Waals surface area contributed by atoms with E-state index in [4.69, 9.17) is 29.9 Å². The minimum atomic E-state index is 0.503. The Morgan fingerprint density at radius 3 is 1.29 bits per heavy atom. The van der Waals surface area contributed by atoms with Gasteiger partial charge in [-0.05, 0) is 53.6 Å². The fourth-order valence-corrected chi connectivity index (χ4v) is 8.15. The lowest BCUT2D eigenvalue weighted by Gasteiger charge is -2.16. The number of benzene rings is 8. The highest BCUT2D eigenvalue weighted by molar-refractivity contribution is 6.11. The zero-order valence-electron chi connectivity index (χ0n) is 33.7. The predicted octanol–water partition coefficient (Wildman–Crippen LogP) is 12.7. The molecule has 0 N–H and O–H groups in total. The molecule has 8 heteroatoms. The average molecular weight is 807 g/mol. The van der Waals surface area contributed by atoms with Crippen LogP contribution in [-0.2, 0) is 0 Å². The van der Waals surface area contributed by atoms with E-state index in [0.717, 1.165) is 72.0 Å². The monoisotopic (exact) mass is 806 g/mol. The standard InChI is InChI=1S/C55H34N8/c56-35-42-25-13-14-26-43(42)40-29-31-49(46(33-40)55-61-52(38-21-9-3-10-22-38)58-53(62-55)39-23-11-4-12-24-39)63-47-28-16-15-27-44(47)45-34-41(30-32-48(45)63)54-59-50(36-17-5-1-6-18-36)57-51(60-54)37-19-7-2-8-20-37/h1-34H. The lowest BCUT2D eigenvalue weighted by Crippen LogP contribution is -2.04. The third-order valence-electron chi connectivity index (χ3n) is 11.2. The number of aromatic nitrogens is 7. The van der Waals surface area contributed by atoms with Crippen molar-refractivity contribution in [2.75, 3.05) is 0 Å². The van der Waals surface area contributed by atoms with E-state index in [0.29, 0.717) is 40.5 Å². The number of fused-ring (bicyclic) bond motifs is 3. The molecule has 3 heterocycles. The van der Waals surface area contributed by atoms with Crippen LogP contribution >= 0.6 is 0 Å². The topological polar surface area (TPSA) is 106 Å². The lowest BCUT2D eigenvalue weighted by molar-refractivity contribution is 1.06. The van der Waals surface area contributed by atoms with Gasteiger partial charge >= 0.3 is 0 Å². The molecule has 63 heavy (non-hydrogen) atoms. The van der Waals surface area contributed by atoms with Crippen molar-refractivity contribution in [3.8, 4) is 91.2 Å². The van der Waals surface area contributed by atoms with E-state index in [-0.39, 0.29) is 0 Å². The fraction of sp³-hybridized carbons (Fsp3) is 0. The Balaban J connectivity index is 1.15. The highest BCUT2D eigenvalue weighted by Gasteiger charge is 2.22. The van der Waals surface area contributed by atoms with Crippen molar-refractivity contribution in [3.05, 3.63) is 212 Å². The van der Waals surface area contributed by atoms with Gasteiger partial charge in [0.15, 0.2) is 34.9 Å². The van der Waals surface area contributed by atoms with Gasteiger partial charge in [0, 0.05) is 44.2 Å². The minimum Gasteiger partial charge on any atom is -0.309 e. The van der Waals surface area contributed by atoms with E-state index in [2.05, 4.69) is 71.3 Å². The molecule has 0 atom stereocenters. The Bertz CT molecular complexity index is 3390. The molecule has 0 saturated heterocycles. The summed E-state index contributed by atoms with van der Waals surface area (Å²) in [4.78, 5) is 30.4. The molecule has 0 aliphatic rings. The molecule has 11 rings (SSSR count). The molecule has 3 aromatic heterocycles. The Kier molecular flexibility index (Phi) is 9.37. The summed E-state index contributed by atoms with van der Waals surface area (Å²) in [5.41, 5.74) is 10.3. The van der Waals surface area contributed by atoms with Crippen molar-refractivity contribution >= 4 is 21.8 Å². The molecule has 11 aromatic rings. The lowest BCUT2D eigenvalue weighted by atomic mass is 9.97. The van der Waals surface area contributed by atoms with E-state index < -0.39 is 0 Å². The van der Waals surface area contributed by atoms with Crippen molar-refractivity contribution in [3.63, 3.8) is 0 Å². The molecule has 0 radical (unpaired) electrons. The fourth-order valence-electron chi connectivity index (χ4n) is 8.15. The van der Waals surface area contributed by atoms with E-state index in [1.165, 1.54) is 0 Å². The van der Waals surface area contributed by atoms with Crippen molar-refractivity contribution < 1.29 is 0 Å². The first-order chi connectivity index (χ1) is 31.2. The van der Waals surface area contributed by atoms with Gasteiger partial charge in [-0.25, -0.2) is 29.9 Å². The second kappa shape index (κ2) is 15.9. The molecule has 8 nitrogen and oxygen atoms in total. The Morgan fingerprint density at radius 2 is 0.746 bits per heavy atom.